The zero-order valence-corrected chi connectivity index (χ0v) is 14.6. The molecule has 1 aromatic rings. The van der Waals surface area contributed by atoms with E-state index < -0.39 is 0 Å². The molecule has 1 saturated carbocycles. The minimum Gasteiger partial charge on any atom is -0.372 e. The van der Waals surface area contributed by atoms with Crippen molar-refractivity contribution in [3.05, 3.63) is 42.0 Å². The van der Waals surface area contributed by atoms with Gasteiger partial charge < -0.3 is 4.90 Å². The predicted molar refractivity (Wildman–Crippen MR) is 97.2 cm³/mol. The molecule has 0 aromatic heterocycles. The van der Waals surface area contributed by atoms with E-state index in [0.717, 1.165) is 35.8 Å². The maximum Gasteiger partial charge on any atom is 0.254 e. The number of anilines is 1. The molecule has 4 rings (SSSR count). The highest BCUT2D eigenvalue weighted by atomic mass is 16.2. The molecule has 2 bridgehead atoms. The van der Waals surface area contributed by atoms with Gasteiger partial charge in [0.25, 0.3) is 11.8 Å². The van der Waals surface area contributed by atoms with Crippen LogP contribution < -0.4 is 4.90 Å². The van der Waals surface area contributed by atoms with Gasteiger partial charge in [-0.1, -0.05) is 24.3 Å². The molecular weight excluding hydrogens is 314 g/mol. The number of amides is 2. The molecule has 1 saturated heterocycles. The van der Waals surface area contributed by atoms with Gasteiger partial charge in [-0.2, -0.15) is 10.1 Å². The third kappa shape index (κ3) is 2.49. The van der Waals surface area contributed by atoms with Crippen LogP contribution in [-0.4, -0.2) is 36.1 Å². The normalized spacial score (nSPS) is 29.9. The van der Waals surface area contributed by atoms with Gasteiger partial charge in [0, 0.05) is 18.8 Å². The van der Waals surface area contributed by atoms with Crippen LogP contribution in [0.3, 0.4) is 0 Å². The molecule has 25 heavy (non-hydrogen) atoms. The Labute approximate surface area is 148 Å². The first-order valence-corrected chi connectivity index (χ1v) is 9.09. The molecule has 2 aliphatic carbocycles. The fourth-order valence-corrected chi connectivity index (χ4v) is 4.48. The lowest BCUT2D eigenvalue weighted by Gasteiger charge is -2.20. The molecule has 2 amide bonds. The van der Waals surface area contributed by atoms with Crippen molar-refractivity contribution in [2.45, 2.75) is 20.3 Å². The Morgan fingerprint density at radius 1 is 1.04 bits per heavy atom. The van der Waals surface area contributed by atoms with Gasteiger partial charge in [-0.25, -0.2) is 0 Å². The summed E-state index contributed by atoms with van der Waals surface area (Å²) in [5.41, 5.74) is 2.04. The summed E-state index contributed by atoms with van der Waals surface area (Å²) in [5.74, 6) is -0.208. The summed E-state index contributed by atoms with van der Waals surface area (Å²) in [6, 6.07) is 8.02. The number of hydrogen-bond donors (Lipinski definition) is 0. The first kappa shape index (κ1) is 16.1. The van der Waals surface area contributed by atoms with Gasteiger partial charge in [0.05, 0.1) is 18.1 Å². The van der Waals surface area contributed by atoms with Crippen LogP contribution in [0.5, 0.6) is 0 Å². The summed E-state index contributed by atoms with van der Waals surface area (Å²) in [6.07, 6.45) is 6.74. The molecule has 4 unspecified atom stereocenters. The van der Waals surface area contributed by atoms with Crippen molar-refractivity contribution in [1.82, 2.24) is 5.01 Å². The van der Waals surface area contributed by atoms with Gasteiger partial charge in [-0.3, -0.25) is 9.59 Å². The number of imide groups is 1. The smallest absolute Gasteiger partial charge is 0.254 e. The summed E-state index contributed by atoms with van der Waals surface area (Å²) in [7, 11) is 0. The summed E-state index contributed by atoms with van der Waals surface area (Å²) in [4.78, 5) is 27.4. The Hall–Kier alpha value is -2.43. The van der Waals surface area contributed by atoms with Gasteiger partial charge in [-0.15, -0.1) is 0 Å². The zero-order chi connectivity index (χ0) is 17.6. The maximum atomic E-state index is 12.6. The Balaban J connectivity index is 1.49. The first-order chi connectivity index (χ1) is 12.1. The monoisotopic (exact) mass is 337 g/mol. The van der Waals surface area contributed by atoms with Crippen molar-refractivity contribution >= 4 is 23.7 Å². The van der Waals surface area contributed by atoms with Crippen LogP contribution in [0.15, 0.2) is 41.5 Å². The van der Waals surface area contributed by atoms with E-state index >= 15 is 0 Å². The molecule has 5 heteroatoms. The Morgan fingerprint density at radius 2 is 1.60 bits per heavy atom. The molecule has 3 aliphatic rings. The van der Waals surface area contributed by atoms with Crippen LogP contribution >= 0.6 is 0 Å². The Morgan fingerprint density at radius 3 is 2.12 bits per heavy atom. The number of allylic oxidation sites excluding steroid dienone is 2. The quantitative estimate of drug-likeness (QED) is 0.471. The minimum atomic E-state index is -0.190. The number of hydrazone groups is 1. The van der Waals surface area contributed by atoms with Crippen molar-refractivity contribution in [3.8, 4) is 0 Å². The number of benzene rings is 1. The van der Waals surface area contributed by atoms with Gasteiger partial charge in [0.1, 0.15) is 0 Å². The van der Waals surface area contributed by atoms with Crippen molar-refractivity contribution < 1.29 is 9.59 Å². The van der Waals surface area contributed by atoms with Gasteiger partial charge >= 0.3 is 0 Å². The van der Waals surface area contributed by atoms with E-state index in [-0.39, 0.29) is 35.5 Å². The SMILES string of the molecule is CCN(CC)c1ccc(C=NN2C(=O)C3C4C=CC(C4)C3C2=O)cc1. The molecule has 5 nitrogen and oxygen atoms in total. The zero-order valence-electron chi connectivity index (χ0n) is 14.6. The predicted octanol–water partition coefficient (Wildman–Crippen LogP) is 2.67. The second-order valence-electron chi connectivity index (χ2n) is 7.00. The molecule has 0 N–H and O–H groups in total. The molecule has 0 spiro atoms. The number of fused-ring (bicyclic) bond motifs is 5. The Bertz CT molecular complexity index is 719. The van der Waals surface area contributed by atoms with E-state index in [1.807, 2.05) is 24.3 Å². The van der Waals surface area contributed by atoms with Crippen LogP contribution in [0.25, 0.3) is 0 Å². The summed E-state index contributed by atoms with van der Waals surface area (Å²) >= 11 is 0. The largest absolute Gasteiger partial charge is 0.372 e. The third-order valence-electron chi connectivity index (χ3n) is 5.79. The minimum absolute atomic E-state index is 0.136. The maximum absolute atomic E-state index is 12.6. The van der Waals surface area contributed by atoms with Gasteiger partial charge in [0.15, 0.2) is 0 Å². The average molecular weight is 337 g/mol. The van der Waals surface area contributed by atoms with E-state index in [4.69, 9.17) is 0 Å². The number of carbonyl (C=O) groups excluding carboxylic acids is 2. The number of hydrogen-bond acceptors (Lipinski definition) is 4. The number of nitrogens with zero attached hydrogens (tertiary/aromatic N) is 3. The lowest BCUT2D eigenvalue weighted by atomic mass is 9.85. The Kier molecular flexibility index (Phi) is 3.94. The van der Waals surface area contributed by atoms with Gasteiger partial charge in [-0.05, 0) is 49.8 Å². The summed E-state index contributed by atoms with van der Waals surface area (Å²) < 4.78 is 0. The van der Waals surface area contributed by atoms with E-state index in [1.54, 1.807) is 6.21 Å². The molecule has 1 aliphatic heterocycles. The third-order valence-corrected chi connectivity index (χ3v) is 5.79. The number of rotatable bonds is 5. The van der Waals surface area contributed by atoms with E-state index in [2.05, 4.69) is 36.0 Å². The fraction of sp³-hybridized carbons (Fsp3) is 0.450. The van der Waals surface area contributed by atoms with Crippen LogP contribution in [0.4, 0.5) is 5.69 Å². The molecule has 1 aromatic carbocycles. The van der Waals surface area contributed by atoms with Crippen molar-refractivity contribution in [1.29, 1.82) is 0 Å². The van der Waals surface area contributed by atoms with Crippen LogP contribution in [-0.2, 0) is 9.59 Å². The topological polar surface area (TPSA) is 53.0 Å². The van der Waals surface area contributed by atoms with Crippen LogP contribution in [0, 0.1) is 23.7 Å². The van der Waals surface area contributed by atoms with E-state index in [1.165, 1.54) is 0 Å². The molecule has 0 radical (unpaired) electrons. The van der Waals surface area contributed by atoms with Crippen LogP contribution in [0.1, 0.15) is 25.8 Å². The highest BCUT2D eigenvalue weighted by Gasteiger charge is 2.59. The molecule has 130 valence electrons. The highest BCUT2D eigenvalue weighted by Crippen LogP contribution is 2.52. The van der Waals surface area contributed by atoms with E-state index in [0.29, 0.717) is 0 Å². The molecular formula is C20H23N3O2. The van der Waals surface area contributed by atoms with Crippen molar-refractivity contribution in [2.24, 2.45) is 28.8 Å². The number of carbonyl (C=O) groups is 2. The van der Waals surface area contributed by atoms with Crippen molar-refractivity contribution in [3.63, 3.8) is 0 Å². The van der Waals surface area contributed by atoms with Crippen LogP contribution in [0.2, 0.25) is 0 Å². The lowest BCUT2D eigenvalue weighted by molar-refractivity contribution is -0.140. The standard InChI is InChI=1S/C20H23N3O2/c1-3-22(4-2)16-9-5-13(6-10-16)12-21-23-19(24)17-14-7-8-15(11-14)18(17)20(23)25/h5-10,12,14-15,17-18H,3-4,11H2,1-2H3. The molecule has 1 heterocycles. The summed E-state index contributed by atoms with van der Waals surface area (Å²) in [6.45, 7) is 6.17. The van der Waals surface area contributed by atoms with Gasteiger partial charge in [0.2, 0.25) is 0 Å². The molecule has 2 fully saturated rings. The van der Waals surface area contributed by atoms with E-state index in [9.17, 15) is 9.59 Å². The fourth-order valence-electron chi connectivity index (χ4n) is 4.48. The molecule has 4 atom stereocenters. The lowest BCUT2D eigenvalue weighted by Crippen LogP contribution is -2.28. The summed E-state index contributed by atoms with van der Waals surface area (Å²) in [5, 5.41) is 5.31. The average Bonchev–Trinajstić information content (AvgIpc) is 3.30. The highest BCUT2D eigenvalue weighted by molar-refractivity contribution is 6.06. The van der Waals surface area contributed by atoms with Crippen molar-refractivity contribution in [2.75, 3.05) is 18.0 Å². The second kappa shape index (κ2) is 6.14. The first-order valence-electron chi connectivity index (χ1n) is 9.09. The second-order valence-corrected chi connectivity index (χ2v) is 7.00.